The van der Waals surface area contributed by atoms with Crippen LogP contribution in [0.1, 0.15) is 44.0 Å². The molecule has 1 aromatic carbocycles. The van der Waals surface area contributed by atoms with E-state index < -0.39 is 35.6 Å². The molecule has 2 rings (SSSR count). The molecule has 1 aromatic rings. The Hall–Kier alpha value is -2.09. The van der Waals surface area contributed by atoms with E-state index in [9.17, 15) is 22.8 Å². The van der Waals surface area contributed by atoms with Gasteiger partial charge in [-0.15, -0.1) is 0 Å². The molecule has 0 aromatic heterocycles. The van der Waals surface area contributed by atoms with Crippen LogP contribution in [0.5, 0.6) is 0 Å². The summed E-state index contributed by atoms with van der Waals surface area (Å²) in [5.74, 6) is -2.08. The minimum atomic E-state index is -1.04. The van der Waals surface area contributed by atoms with Gasteiger partial charge in [-0.3, -0.25) is 14.1 Å². The number of amides is 1. The molecule has 1 atom stereocenters. The molecular weight excluding hydrogens is 361 g/mol. The number of hydrogen-bond acceptors (Lipinski definition) is 4. The van der Waals surface area contributed by atoms with Crippen molar-refractivity contribution in [3.8, 4) is 0 Å². The number of anilines is 1. The Morgan fingerprint density at radius 3 is 2.48 bits per heavy atom. The molecule has 0 aliphatic carbocycles. The molecule has 0 radical (unpaired) electrons. The van der Waals surface area contributed by atoms with Crippen LogP contribution in [0, 0.1) is 11.6 Å². The molecule has 1 heterocycles. The summed E-state index contributed by atoms with van der Waals surface area (Å²) >= 11 is 0. The molecule has 150 valence electrons. The molecular formula is C19H25F3N2O3. The number of carbonyl (C=O) groups excluding carboxylic acids is 2. The molecule has 0 N–H and O–H groups in total. The number of aldehydes is 1. The first-order chi connectivity index (χ1) is 12.7. The van der Waals surface area contributed by atoms with E-state index in [2.05, 4.69) is 0 Å². The first kappa shape index (κ1) is 21.2. The molecule has 5 nitrogen and oxygen atoms in total. The maximum atomic E-state index is 14.1. The number of alkyl halides is 1. The van der Waals surface area contributed by atoms with Crippen molar-refractivity contribution in [2.45, 2.75) is 45.3 Å². The van der Waals surface area contributed by atoms with Gasteiger partial charge in [-0.2, -0.15) is 0 Å². The lowest BCUT2D eigenvalue weighted by Gasteiger charge is -2.32. The summed E-state index contributed by atoms with van der Waals surface area (Å²) in [4.78, 5) is 26.8. The van der Waals surface area contributed by atoms with E-state index in [0.717, 1.165) is 12.1 Å². The summed E-state index contributed by atoms with van der Waals surface area (Å²) in [6.45, 7) is 6.29. The maximum Gasteiger partial charge on any atom is 0.415 e. The van der Waals surface area contributed by atoms with Crippen LogP contribution in [0.15, 0.2) is 12.1 Å². The minimum absolute atomic E-state index is 0.0119. The van der Waals surface area contributed by atoms with Gasteiger partial charge in [0.25, 0.3) is 0 Å². The standard InChI is InChI=1S/C19H25F3N2O3/c1-19(2,3)27-18(26)24(13-5-8-23(11-13)7-4-6-20)14-9-16(21)15(12-25)17(22)10-14/h9-10,12-13H,4-8,11H2,1-3H3/t13-/m0/s1. The lowest BCUT2D eigenvalue weighted by atomic mass is 10.1. The second-order valence-electron chi connectivity index (χ2n) is 7.58. The van der Waals surface area contributed by atoms with Crippen molar-refractivity contribution in [3.05, 3.63) is 29.3 Å². The zero-order chi connectivity index (χ0) is 20.2. The van der Waals surface area contributed by atoms with Gasteiger partial charge < -0.3 is 9.64 Å². The van der Waals surface area contributed by atoms with Crippen molar-refractivity contribution >= 4 is 18.1 Å². The zero-order valence-corrected chi connectivity index (χ0v) is 15.8. The Bertz CT molecular complexity index is 668. The van der Waals surface area contributed by atoms with Gasteiger partial charge in [-0.25, -0.2) is 13.6 Å². The van der Waals surface area contributed by atoms with Gasteiger partial charge in [0.2, 0.25) is 0 Å². The zero-order valence-electron chi connectivity index (χ0n) is 15.8. The summed E-state index contributed by atoms with van der Waals surface area (Å²) in [6.07, 6.45) is 0.318. The Balaban J connectivity index is 2.34. The van der Waals surface area contributed by atoms with Gasteiger partial charge in [0.05, 0.1) is 24.0 Å². The number of rotatable bonds is 6. The van der Waals surface area contributed by atoms with Crippen LogP contribution in [-0.4, -0.2) is 55.2 Å². The van der Waals surface area contributed by atoms with Crippen LogP contribution < -0.4 is 4.90 Å². The van der Waals surface area contributed by atoms with E-state index >= 15 is 0 Å². The highest BCUT2D eigenvalue weighted by molar-refractivity contribution is 5.89. The molecule has 1 saturated heterocycles. The topological polar surface area (TPSA) is 49.9 Å². The summed E-state index contributed by atoms with van der Waals surface area (Å²) in [5.41, 5.74) is -1.48. The van der Waals surface area contributed by atoms with Crippen LogP contribution in [0.25, 0.3) is 0 Å². The summed E-state index contributed by atoms with van der Waals surface area (Å²) < 4.78 is 46.0. The van der Waals surface area contributed by atoms with E-state index in [4.69, 9.17) is 4.74 Å². The smallest absolute Gasteiger partial charge is 0.415 e. The molecule has 1 aliphatic rings. The fraction of sp³-hybridized carbons (Fsp3) is 0.579. The third kappa shape index (κ3) is 5.45. The fourth-order valence-electron chi connectivity index (χ4n) is 3.11. The predicted octanol–water partition coefficient (Wildman–Crippen LogP) is 3.95. The van der Waals surface area contributed by atoms with Gasteiger partial charge >= 0.3 is 6.09 Å². The number of carbonyl (C=O) groups is 2. The molecule has 1 aliphatic heterocycles. The molecule has 0 bridgehead atoms. The molecule has 27 heavy (non-hydrogen) atoms. The molecule has 0 spiro atoms. The molecule has 1 amide bonds. The number of likely N-dealkylation sites (tertiary alicyclic amines) is 1. The highest BCUT2D eigenvalue weighted by Crippen LogP contribution is 2.28. The lowest BCUT2D eigenvalue weighted by molar-refractivity contribution is 0.0566. The minimum Gasteiger partial charge on any atom is -0.443 e. The average Bonchev–Trinajstić information content (AvgIpc) is 2.99. The van der Waals surface area contributed by atoms with E-state index in [1.54, 1.807) is 20.8 Å². The first-order valence-electron chi connectivity index (χ1n) is 8.91. The lowest BCUT2D eigenvalue weighted by Crippen LogP contribution is -2.45. The van der Waals surface area contributed by atoms with Crippen molar-refractivity contribution in [2.75, 3.05) is 31.2 Å². The van der Waals surface area contributed by atoms with Gasteiger partial charge in [-0.1, -0.05) is 0 Å². The highest BCUT2D eigenvalue weighted by Gasteiger charge is 2.35. The van der Waals surface area contributed by atoms with Crippen molar-refractivity contribution in [1.82, 2.24) is 4.90 Å². The Kier molecular flexibility index (Phi) is 6.86. The van der Waals surface area contributed by atoms with Crippen molar-refractivity contribution in [3.63, 3.8) is 0 Å². The quantitative estimate of drug-likeness (QED) is 0.695. The van der Waals surface area contributed by atoms with Crippen LogP contribution in [0.2, 0.25) is 0 Å². The van der Waals surface area contributed by atoms with E-state index in [0.29, 0.717) is 32.5 Å². The van der Waals surface area contributed by atoms with E-state index in [1.807, 2.05) is 4.90 Å². The Morgan fingerprint density at radius 2 is 1.96 bits per heavy atom. The normalized spacial score (nSPS) is 17.8. The largest absolute Gasteiger partial charge is 0.443 e. The highest BCUT2D eigenvalue weighted by atomic mass is 19.1. The van der Waals surface area contributed by atoms with Crippen molar-refractivity contribution in [2.24, 2.45) is 0 Å². The molecule has 8 heteroatoms. The molecule has 0 unspecified atom stereocenters. The number of halogens is 3. The number of ether oxygens (including phenoxy) is 1. The van der Waals surface area contributed by atoms with Gasteiger partial charge in [-0.05, 0) is 45.7 Å². The van der Waals surface area contributed by atoms with Crippen LogP contribution in [0.3, 0.4) is 0 Å². The fourth-order valence-corrected chi connectivity index (χ4v) is 3.11. The Labute approximate surface area is 157 Å². The van der Waals surface area contributed by atoms with E-state index in [-0.39, 0.29) is 18.0 Å². The number of hydrogen-bond donors (Lipinski definition) is 0. The van der Waals surface area contributed by atoms with Crippen molar-refractivity contribution in [1.29, 1.82) is 0 Å². The third-order valence-electron chi connectivity index (χ3n) is 4.27. The SMILES string of the molecule is CC(C)(C)OC(=O)N(c1cc(F)c(C=O)c(F)c1)[C@H]1CCN(CCCF)C1. The second-order valence-corrected chi connectivity index (χ2v) is 7.58. The number of benzene rings is 1. The van der Waals surface area contributed by atoms with Crippen LogP contribution in [-0.2, 0) is 4.74 Å². The first-order valence-corrected chi connectivity index (χ1v) is 8.91. The average molecular weight is 386 g/mol. The second kappa shape index (κ2) is 8.73. The maximum absolute atomic E-state index is 14.1. The third-order valence-corrected chi connectivity index (χ3v) is 4.27. The van der Waals surface area contributed by atoms with Gasteiger partial charge in [0, 0.05) is 19.6 Å². The van der Waals surface area contributed by atoms with Crippen LogP contribution >= 0.6 is 0 Å². The number of nitrogens with zero attached hydrogens (tertiary/aromatic N) is 2. The monoisotopic (exact) mass is 386 g/mol. The molecule has 1 fully saturated rings. The van der Waals surface area contributed by atoms with Crippen LogP contribution in [0.4, 0.5) is 23.7 Å². The summed E-state index contributed by atoms with van der Waals surface area (Å²) in [5, 5.41) is 0. The van der Waals surface area contributed by atoms with Gasteiger partial charge in [0.1, 0.15) is 17.2 Å². The molecule has 0 saturated carbocycles. The summed E-state index contributed by atoms with van der Waals surface area (Å²) in [6, 6.07) is 1.54. The Morgan fingerprint density at radius 1 is 1.33 bits per heavy atom. The predicted molar refractivity (Wildman–Crippen MR) is 95.9 cm³/mol. The van der Waals surface area contributed by atoms with Crippen molar-refractivity contribution < 1.29 is 27.5 Å². The van der Waals surface area contributed by atoms with Gasteiger partial charge in [0.15, 0.2) is 6.29 Å². The van der Waals surface area contributed by atoms with E-state index in [1.165, 1.54) is 4.90 Å². The summed E-state index contributed by atoms with van der Waals surface area (Å²) in [7, 11) is 0.